The molecule has 0 radical (unpaired) electrons. The van der Waals surface area contributed by atoms with E-state index in [2.05, 4.69) is 0 Å². The molecule has 4 heteroatoms. The number of hydrogen-bond donors (Lipinski definition) is 0. The van der Waals surface area contributed by atoms with E-state index in [0.29, 0.717) is 18.2 Å². The molecule has 0 spiro atoms. The van der Waals surface area contributed by atoms with Crippen LogP contribution in [0.15, 0.2) is 0 Å². The maximum absolute atomic E-state index is 11.2. The Bertz CT molecular complexity index is 108. The van der Waals surface area contributed by atoms with E-state index in [0.717, 1.165) is 0 Å². The van der Waals surface area contributed by atoms with Crippen LogP contribution in [0.3, 0.4) is 0 Å². The van der Waals surface area contributed by atoms with Gasteiger partial charge in [-0.15, -0.1) is 11.6 Å². The van der Waals surface area contributed by atoms with E-state index in [1.165, 1.54) is 7.11 Å². The highest BCUT2D eigenvalue weighted by molar-refractivity contribution is 7.59. The number of rotatable bonds is 4. The van der Waals surface area contributed by atoms with Crippen LogP contribution in [-0.2, 0) is 9.09 Å². The lowest BCUT2D eigenvalue weighted by atomic mass is 10.9. The summed E-state index contributed by atoms with van der Waals surface area (Å²) >= 11 is 5.39. The lowest BCUT2D eigenvalue weighted by molar-refractivity contribution is 0.395. The molecule has 0 aliphatic heterocycles. The monoisotopic (exact) mass is 170 g/mol. The van der Waals surface area contributed by atoms with E-state index in [9.17, 15) is 4.57 Å². The molecular weight excluding hydrogens is 158 g/mol. The van der Waals surface area contributed by atoms with E-state index >= 15 is 0 Å². The third-order valence-electron chi connectivity index (χ3n) is 1.24. The van der Waals surface area contributed by atoms with Gasteiger partial charge in [0, 0.05) is 25.3 Å². The molecule has 0 rings (SSSR count). The smallest absolute Gasteiger partial charge is 0.203 e. The van der Waals surface area contributed by atoms with Crippen LogP contribution < -0.4 is 0 Å². The first-order valence-corrected chi connectivity index (χ1v) is 5.41. The molecule has 0 aromatic rings. The van der Waals surface area contributed by atoms with Crippen molar-refractivity contribution in [2.24, 2.45) is 0 Å². The van der Waals surface area contributed by atoms with Gasteiger partial charge in [0.15, 0.2) is 0 Å². The number of halogens is 1. The van der Waals surface area contributed by atoms with Gasteiger partial charge in [-0.25, -0.2) is 0 Å². The van der Waals surface area contributed by atoms with Crippen LogP contribution in [0.1, 0.15) is 6.92 Å². The normalized spacial score (nSPS) is 17.2. The molecule has 0 fully saturated rings. The van der Waals surface area contributed by atoms with Gasteiger partial charge in [0.1, 0.15) is 0 Å². The molecule has 0 heterocycles. The van der Waals surface area contributed by atoms with Crippen molar-refractivity contribution in [3.63, 3.8) is 0 Å². The first-order chi connectivity index (χ1) is 4.18. The quantitative estimate of drug-likeness (QED) is 0.478. The Hall–Kier alpha value is 0.480. The van der Waals surface area contributed by atoms with Gasteiger partial charge in [0.25, 0.3) is 0 Å². The summed E-state index contributed by atoms with van der Waals surface area (Å²) in [6.07, 6.45) is 1.07. The summed E-state index contributed by atoms with van der Waals surface area (Å²) in [4.78, 5) is 0. The molecule has 0 saturated carbocycles. The van der Waals surface area contributed by atoms with Crippen LogP contribution >= 0.6 is 19.0 Å². The van der Waals surface area contributed by atoms with Gasteiger partial charge in [-0.05, 0) is 0 Å². The Balaban J connectivity index is 3.78. The second kappa shape index (κ2) is 4.32. The molecule has 0 bridgehead atoms. The Morgan fingerprint density at radius 1 is 1.67 bits per heavy atom. The summed E-state index contributed by atoms with van der Waals surface area (Å²) < 4.78 is 16.0. The van der Waals surface area contributed by atoms with Crippen molar-refractivity contribution in [1.82, 2.24) is 0 Å². The third-order valence-corrected chi connectivity index (χ3v) is 4.23. The topological polar surface area (TPSA) is 26.3 Å². The number of hydrogen-bond acceptors (Lipinski definition) is 2. The predicted molar refractivity (Wildman–Crippen MR) is 40.7 cm³/mol. The van der Waals surface area contributed by atoms with Crippen LogP contribution in [0.5, 0.6) is 0 Å². The first kappa shape index (κ1) is 9.48. The number of alkyl halides is 1. The predicted octanol–water partition coefficient (Wildman–Crippen LogP) is 2.17. The van der Waals surface area contributed by atoms with Gasteiger partial charge >= 0.3 is 0 Å². The molecule has 1 atom stereocenters. The second-order valence-electron chi connectivity index (χ2n) is 1.73. The van der Waals surface area contributed by atoms with Crippen molar-refractivity contribution < 1.29 is 9.09 Å². The minimum atomic E-state index is -2.31. The van der Waals surface area contributed by atoms with Crippen molar-refractivity contribution in [2.75, 3.05) is 25.3 Å². The van der Waals surface area contributed by atoms with Crippen LogP contribution in [0, 0.1) is 0 Å². The SMILES string of the molecule is CCP(=O)(CCCl)OC. The summed E-state index contributed by atoms with van der Waals surface area (Å²) in [6.45, 7) is 1.84. The Morgan fingerprint density at radius 3 is 2.33 bits per heavy atom. The summed E-state index contributed by atoms with van der Waals surface area (Å²) in [5, 5.41) is 0. The van der Waals surface area contributed by atoms with Crippen LogP contribution in [0.4, 0.5) is 0 Å². The van der Waals surface area contributed by atoms with Crippen molar-refractivity contribution >= 4 is 19.0 Å². The van der Waals surface area contributed by atoms with Gasteiger partial charge in [0.05, 0.1) is 0 Å². The minimum absolute atomic E-state index is 0.416. The zero-order chi connectivity index (χ0) is 7.33. The average Bonchev–Trinajstić information content (AvgIpc) is 1.89. The molecule has 1 unspecified atom stereocenters. The molecule has 2 nitrogen and oxygen atoms in total. The average molecular weight is 171 g/mol. The Morgan fingerprint density at radius 2 is 2.22 bits per heavy atom. The Labute approximate surface area is 61.0 Å². The van der Waals surface area contributed by atoms with E-state index in [-0.39, 0.29) is 0 Å². The van der Waals surface area contributed by atoms with Crippen LogP contribution in [0.2, 0.25) is 0 Å². The zero-order valence-electron chi connectivity index (χ0n) is 5.76. The highest BCUT2D eigenvalue weighted by atomic mass is 35.5. The maximum atomic E-state index is 11.2. The molecule has 0 N–H and O–H groups in total. The fourth-order valence-electron chi connectivity index (χ4n) is 0.507. The standard InChI is InChI=1S/C5H12ClO2P/c1-3-9(7,8-2)5-4-6/h3-5H2,1-2H3. The summed E-state index contributed by atoms with van der Waals surface area (Å²) in [6, 6.07) is 0. The molecule has 9 heavy (non-hydrogen) atoms. The van der Waals surface area contributed by atoms with E-state index < -0.39 is 7.37 Å². The van der Waals surface area contributed by atoms with Crippen LogP contribution in [0.25, 0.3) is 0 Å². The summed E-state index contributed by atoms with van der Waals surface area (Å²) in [5.74, 6) is 0.416. The van der Waals surface area contributed by atoms with Gasteiger partial charge in [-0.1, -0.05) is 6.92 Å². The fraction of sp³-hybridized carbons (Fsp3) is 1.00. The summed E-state index contributed by atoms with van der Waals surface area (Å²) in [7, 11) is -0.844. The highest BCUT2D eigenvalue weighted by Gasteiger charge is 2.16. The molecule has 0 aromatic heterocycles. The minimum Gasteiger partial charge on any atom is -0.332 e. The van der Waals surface area contributed by atoms with Gasteiger partial charge in [0.2, 0.25) is 7.37 Å². The van der Waals surface area contributed by atoms with Crippen molar-refractivity contribution in [2.45, 2.75) is 6.92 Å². The van der Waals surface area contributed by atoms with Crippen molar-refractivity contribution in [3.05, 3.63) is 0 Å². The first-order valence-electron chi connectivity index (χ1n) is 2.88. The van der Waals surface area contributed by atoms with E-state index in [4.69, 9.17) is 16.1 Å². The molecule has 0 aliphatic rings. The van der Waals surface area contributed by atoms with E-state index in [1.54, 1.807) is 0 Å². The van der Waals surface area contributed by atoms with Crippen LogP contribution in [-0.4, -0.2) is 25.3 Å². The molecular formula is C5H12ClO2P. The molecule has 0 amide bonds. The van der Waals surface area contributed by atoms with Gasteiger partial charge in [-0.3, -0.25) is 4.57 Å². The lowest BCUT2D eigenvalue weighted by Gasteiger charge is -2.10. The molecule has 0 aromatic carbocycles. The highest BCUT2D eigenvalue weighted by Crippen LogP contribution is 2.44. The third kappa shape index (κ3) is 3.24. The maximum Gasteiger partial charge on any atom is 0.203 e. The zero-order valence-corrected chi connectivity index (χ0v) is 7.41. The molecule has 0 saturated heterocycles. The lowest BCUT2D eigenvalue weighted by Crippen LogP contribution is -1.95. The largest absolute Gasteiger partial charge is 0.332 e. The fourth-order valence-corrected chi connectivity index (χ4v) is 2.29. The van der Waals surface area contributed by atoms with Gasteiger partial charge in [-0.2, -0.15) is 0 Å². The Kier molecular flexibility index (Phi) is 4.55. The van der Waals surface area contributed by atoms with E-state index in [1.807, 2.05) is 6.92 Å². The second-order valence-corrected chi connectivity index (χ2v) is 5.18. The van der Waals surface area contributed by atoms with Gasteiger partial charge < -0.3 is 4.52 Å². The van der Waals surface area contributed by atoms with Crippen molar-refractivity contribution in [1.29, 1.82) is 0 Å². The summed E-state index contributed by atoms with van der Waals surface area (Å²) in [5.41, 5.74) is 0. The van der Waals surface area contributed by atoms with Crippen molar-refractivity contribution in [3.8, 4) is 0 Å². The molecule has 56 valence electrons. The molecule has 0 aliphatic carbocycles.